The summed E-state index contributed by atoms with van der Waals surface area (Å²) in [6.45, 7) is 4.89. The van der Waals surface area contributed by atoms with Crippen molar-refractivity contribution in [1.82, 2.24) is 25.1 Å². The molecule has 3 heterocycles. The van der Waals surface area contributed by atoms with Crippen LogP contribution in [-0.4, -0.2) is 44.0 Å². The SMILES string of the molecule is Cc1noc(C)c1C(=O)N1CC(n2cc(C3CC3)nn2)C1. The van der Waals surface area contributed by atoms with Gasteiger partial charge in [-0.1, -0.05) is 10.4 Å². The molecule has 1 saturated heterocycles. The highest BCUT2D eigenvalue weighted by molar-refractivity contribution is 5.96. The van der Waals surface area contributed by atoms with E-state index in [1.807, 2.05) is 10.9 Å². The molecule has 7 nitrogen and oxygen atoms in total. The number of likely N-dealkylation sites (tertiary alicyclic amines) is 1. The Kier molecular flexibility index (Phi) is 2.63. The molecule has 110 valence electrons. The number of amides is 1. The van der Waals surface area contributed by atoms with Gasteiger partial charge in [-0.3, -0.25) is 4.79 Å². The maximum Gasteiger partial charge on any atom is 0.259 e. The quantitative estimate of drug-likeness (QED) is 0.854. The molecule has 2 fully saturated rings. The lowest BCUT2D eigenvalue weighted by atomic mass is 10.1. The van der Waals surface area contributed by atoms with Crippen molar-refractivity contribution in [2.45, 2.75) is 38.6 Å². The summed E-state index contributed by atoms with van der Waals surface area (Å²) in [4.78, 5) is 14.2. The summed E-state index contributed by atoms with van der Waals surface area (Å²) in [6.07, 6.45) is 4.47. The van der Waals surface area contributed by atoms with E-state index in [-0.39, 0.29) is 11.9 Å². The maximum atomic E-state index is 12.4. The molecule has 1 aliphatic heterocycles. The average molecular weight is 287 g/mol. The average Bonchev–Trinajstić information content (AvgIpc) is 3.05. The van der Waals surface area contributed by atoms with Gasteiger partial charge in [0.15, 0.2) is 0 Å². The highest BCUT2D eigenvalue weighted by Crippen LogP contribution is 2.39. The number of nitrogens with zero attached hydrogens (tertiary/aromatic N) is 5. The van der Waals surface area contributed by atoms with E-state index >= 15 is 0 Å². The lowest BCUT2D eigenvalue weighted by molar-refractivity contribution is 0.0496. The van der Waals surface area contributed by atoms with Crippen molar-refractivity contribution in [3.05, 3.63) is 28.9 Å². The van der Waals surface area contributed by atoms with Gasteiger partial charge < -0.3 is 9.42 Å². The van der Waals surface area contributed by atoms with Gasteiger partial charge in [-0.15, -0.1) is 5.10 Å². The van der Waals surface area contributed by atoms with Crippen LogP contribution in [0.15, 0.2) is 10.7 Å². The van der Waals surface area contributed by atoms with Crippen molar-refractivity contribution in [3.8, 4) is 0 Å². The minimum Gasteiger partial charge on any atom is -0.361 e. The van der Waals surface area contributed by atoms with Crippen LogP contribution < -0.4 is 0 Å². The molecule has 0 atom stereocenters. The van der Waals surface area contributed by atoms with Crippen LogP contribution >= 0.6 is 0 Å². The van der Waals surface area contributed by atoms with Crippen molar-refractivity contribution < 1.29 is 9.32 Å². The predicted octanol–water partition coefficient (Wildman–Crippen LogP) is 1.46. The van der Waals surface area contributed by atoms with E-state index in [1.165, 1.54) is 12.8 Å². The van der Waals surface area contributed by atoms with Crippen molar-refractivity contribution in [1.29, 1.82) is 0 Å². The largest absolute Gasteiger partial charge is 0.361 e. The molecule has 4 rings (SSSR count). The maximum absolute atomic E-state index is 12.4. The van der Waals surface area contributed by atoms with Crippen molar-refractivity contribution in [2.75, 3.05) is 13.1 Å². The third kappa shape index (κ3) is 2.03. The first-order valence-electron chi connectivity index (χ1n) is 7.27. The Morgan fingerprint density at radius 2 is 2.10 bits per heavy atom. The highest BCUT2D eigenvalue weighted by Gasteiger charge is 2.36. The lowest BCUT2D eigenvalue weighted by Crippen LogP contribution is -2.51. The molecule has 1 amide bonds. The van der Waals surface area contributed by atoms with Gasteiger partial charge in [0.05, 0.1) is 17.4 Å². The van der Waals surface area contributed by atoms with Crippen LogP contribution in [-0.2, 0) is 0 Å². The topological polar surface area (TPSA) is 77.0 Å². The van der Waals surface area contributed by atoms with E-state index in [2.05, 4.69) is 15.5 Å². The van der Waals surface area contributed by atoms with Gasteiger partial charge in [0.25, 0.3) is 5.91 Å². The molecular formula is C14H17N5O2. The zero-order valence-corrected chi connectivity index (χ0v) is 12.1. The predicted molar refractivity (Wildman–Crippen MR) is 72.9 cm³/mol. The van der Waals surface area contributed by atoms with Crippen molar-refractivity contribution in [3.63, 3.8) is 0 Å². The van der Waals surface area contributed by atoms with Crippen LogP contribution in [0.5, 0.6) is 0 Å². The summed E-state index contributed by atoms with van der Waals surface area (Å²) in [5.74, 6) is 1.18. The van der Waals surface area contributed by atoms with Crippen LogP contribution in [0.25, 0.3) is 0 Å². The second-order valence-electron chi connectivity index (χ2n) is 5.96. The van der Waals surface area contributed by atoms with E-state index in [1.54, 1.807) is 18.7 Å². The standard InChI is InChI=1S/C14H17N5O2/c1-8-13(9(2)21-16-8)14(20)18-5-11(6-18)19-7-12(15-17-19)10-3-4-10/h7,10-11H,3-6H2,1-2H3. The van der Waals surface area contributed by atoms with E-state index in [0.29, 0.717) is 36.0 Å². The molecule has 0 spiro atoms. The van der Waals surface area contributed by atoms with Crippen molar-refractivity contribution >= 4 is 5.91 Å². The number of aromatic nitrogens is 4. The smallest absolute Gasteiger partial charge is 0.259 e. The van der Waals surface area contributed by atoms with Gasteiger partial charge in [0.2, 0.25) is 0 Å². The number of carbonyl (C=O) groups is 1. The Morgan fingerprint density at radius 1 is 1.33 bits per heavy atom. The summed E-state index contributed by atoms with van der Waals surface area (Å²) in [5, 5.41) is 12.2. The summed E-state index contributed by atoms with van der Waals surface area (Å²) in [7, 11) is 0. The molecule has 2 aliphatic rings. The number of aryl methyl sites for hydroxylation is 2. The monoisotopic (exact) mass is 287 g/mol. The zero-order chi connectivity index (χ0) is 14.6. The molecule has 21 heavy (non-hydrogen) atoms. The minimum atomic E-state index is -0.00923. The summed E-state index contributed by atoms with van der Waals surface area (Å²) < 4.78 is 6.95. The van der Waals surface area contributed by atoms with E-state index in [4.69, 9.17) is 4.52 Å². The Balaban J connectivity index is 1.43. The van der Waals surface area contributed by atoms with Gasteiger partial charge in [-0.05, 0) is 26.7 Å². The Labute approximate surface area is 121 Å². The molecule has 0 unspecified atom stereocenters. The molecule has 0 bridgehead atoms. The lowest BCUT2D eigenvalue weighted by Gasteiger charge is -2.38. The van der Waals surface area contributed by atoms with Gasteiger partial charge in [-0.2, -0.15) is 0 Å². The first-order chi connectivity index (χ1) is 10.1. The first kappa shape index (κ1) is 12.6. The van der Waals surface area contributed by atoms with Crippen LogP contribution in [0.3, 0.4) is 0 Å². The number of hydrogen-bond acceptors (Lipinski definition) is 5. The van der Waals surface area contributed by atoms with Gasteiger partial charge in [0.1, 0.15) is 11.3 Å². The van der Waals surface area contributed by atoms with Crippen LogP contribution in [0.1, 0.15) is 52.3 Å². The van der Waals surface area contributed by atoms with E-state index in [0.717, 1.165) is 5.69 Å². The molecule has 0 radical (unpaired) electrons. The highest BCUT2D eigenvalue weighted by atomic mass is 16.5. The zero-order valence-electron chi connectivity index (χ0n) is 12.1. The number of carbonyl (C=O) groups excluding carboxylic acids is 1. The normalized spacial score (nSPS) is 18.9. The Bertz CT molecular complexity index is 675. The van der Waals surface area contributed by atoms with Crippen LogP contribution in [0, 0.1) is 13.8 Å². The van der Waals surface area contributed by atoms with Crippen LogP contribution in [0.4, 0.5) is 0 Å². The van der Waals surface area contributed by atoms with E-state index in [9.17, 15) is 4.79 Å². The van der Waals surface area contributed by atoms with Crippen molar-refractivity contribution in [2.24, 2.45) is 0 Å². The van der Waals surface area contributed by atoms with E-state index < -0.39 is 0 Å². The summed E-state index contributed by atoms with van der Waals surface area (Å²) in [5.41, 5.74) is 2.33. The fourth-order valence-corrected chi connectivity index (χ4v) is 2.77. The van der Waals surface area contributed by atoms with Gasteiger partial charge in [-0.25, -0.2) is 4.68 Å². The molecule has 0 N–H and O–H groups in total. The molecule has 0 aromatic carbocycles. The third-order valence-corrected chi connectivity index (χ3v) is 4.29. The molecule has 1 aliphatic carbocycles. The minimum absolute atomic E-state index is 0.00923. The molecule has 2 aromatic heterocycles. The fraction of sp³-hybridized carbons (Fsp3) is 0.571. The van der Waals surface area contributed by atoms with Crippen LogP contribution in [0.2, 0.25) is 0 Å². The van der Waals surface area contributed by atoms with Gasteiger partial charge >= 0.3 is 0 Å². The number of rotatable bonds is 3. The molecular weight excluding hydrogens is 270 g/mol. The Morgan fingerprint density at radius 3 is 2.71 bits per heavy atom. The summed E-state index contributed by atoms with van der Waals surface area (Å²) >= 11 is 0. The first-order valence-corrected chi connectivity index (χ1v) is 7.27. The molecule has 2 aromatic rings. The summed E-state index contributed by atoms with van der Waals surface area (Å²) in [6, 6.07) is 0.231. The number of hydrogen-bond donors (Lipinski definition) is 0. The second-order valence-corrected chi connectivity index (χ2v) is 5.96. The van der Waals surface area contributed by atoms with Gasteiger partial charge in [0, 0.05) is 25.2 Å². The molecule has 1 saturated carbocycles. The fourth-order valence-electron chi connectivity index (χ4n) is 2.77. The third-order valence-electron chi connectivity index (χ3n) is 4.29. The second kappa shape index (κ2) is 4.41. The molecule has 7 heteroatoms. The Hall–Kier alpha value is -2.18.